The summed E-state index contributed by atoms with van der Waals surface area (Å²) < 4.78 is 5.30. The van der Waals surface area contributed by atoms with Crippen LogP contribution in [0.3, 0.4) is 0 Å². The Balaban J connectivity index is 1.43. The molecule has 2 fully saturated rings. The van der Waals surface area contributed by atoms with E-state index in [2.05, 4.69) is 32.4 Å². The number of carbonyl (C=O) groups is 1. The van der Waals surface area contributed by atoms with Crippen molar-refractivity contribution < 1.29 is 9.53 Å². The molecule has 3 aromatic rings. The Hall–Kier alpha value is -3.32. The molecule has 0 unspecified atom stereocenters. The topological polar surface area (TPSA) is 80.2 Å². The van der Waals surface area contributed by atoms with Crippen molar-refractivity contribution in [3.63, 3.8) is 0 Å². The first-order valence-corrected chi connectivity index (χ1v) is 10.1. The maximum atomic E-state index is 13.4. The molecule has 0 radical (unpaired) electrons. The van der Waals surface area contributed by atoms with Gasteiger partial charge in [0.15, 0.2) is 5.82 Å². The van der Waals surface area contributed by atoms with Crippen molar-refractivity contribution in [2.45, 2.75) is 6.04 Å². The number of hydrogen-bond acceptors (Lipinski definition) is 6. The molecule has 0 bridgehead atoms. The van der Waals surface area contributed by atoms with Crippen LogP contribution in [0, 0.1) is 11.8 Å². The van der Waals surface area contributed by atoms with Crippen LogP contribution in [0.25, 0.3) is 11.4 Å². The largest absolute Gasteiger partial charge is 0.497 e. The number of amides is 1. The highest BCUT2D eigenvalue weighted by Crippen LogP contribution is 2.43. The summed E-state index contributed by atoms with van der Waals surface area (Å²) in [5, 5.41) is 3.48. The first-order valence-electron chi connectivity index (χ1n) is 10.1. The third kappa shape index (κ3) is 3.31. The molecule has 0 saturated carbocycles. The minimum absolute atomic E-state index is 0.0250. The van der Waals surface area contributed by atoms with Crippen molar-refractivity contribution >= 4 is 5.91 Å². The van der Waals surface area contributed by atoms with E-state index < -0.39 is 0 Å². The predicted octanol–water partition coefficient (Wildman–Crippen LogP) is 2.58. The molecule has 1 amide bonds. The minimum atomic E-state index is -0.0250. The molecule has 30 heavy (non-hydrogen) atoms. The summed E-state index contributed by atoms with van der Waals surface area (Å²) >= 11 is 0. The van der Waals surface area contributed by atoms with Crippen molar-refractivity contribution in [2.75, 3.05) is 26.7 Å². The van der Waals surface area contributed by atoms with Crippen LogP contribution in [-0.4, -0.2) is 52.5 Å². The van der Waals surface area contributed by atoms with Crippen LogP contribution < -0.4 is 10.1 Å². The van der Waals surface area contributed by atoms with E-state index in [-0.39, 0.29) is 11.9 Å². The number of hydrogen-bond donors (Lipinski definition) is 1. The lowest BCUT2D eigenvalue weighted by molar-refractivity contribution is 0.0713. The monoisotopic (exact) mass is 401 g/mol. The average molecular weight is 401 g/mol. The van der Waals surface area contributed by atoms with E-state index >= 15 is 0 Å². The third-order valence-corrected chi connectivity index (χ3v) is 6.10. The summed E-state index contributed by atoms with van der Waals surface area (Å²) in [7, 11) is 1.66. The number of benzene rings is 1. The number of nitrogens with zero attached hydrogens (tertiary/aromatic N) is 4. The van der Waals surface area contributed by atoms with Crippen LogP contribution in [0.1, 0.15) is 22.0 Å². The van der Waals surface area contributed by atoms with Gasteiger partial charge in [-0.2, -0.15) is 0 Å². The van der Waals surface area contributed by atoms with Crippen molar-refractivity contribution in [3.8, 4) is 17.1 Å². The number of ether oxygens (including phenoxy) is 1. The first kappa shape index (κ1) is 18.7. The summed E-state index contributed by atoms with van der Waals surface area (Å²) in [6.45, 7) is 2.59. The fourth-order valence-corrected chi connectivity index (χ4v) is 4.61. The number of likely N-dealkylation sites (tertiary alicyclic amines) is 1. The number of nitrogens with one attached hydrogen (secondary N) is 1. The molecule has 0 spiro atoms. The van der Waals surface area contributed by atoms with Gasteiger partial charge in [-0.05, 0) is 35.7 Å². The number of methoxy groups -OCH3 is 1. The molecule has 1 aromatic carbocycles. The summed E-state index contributed by atoms with van der Waals surface area (Å²) in [6.07, 6.45) is 6.66. The van der Waals surface area contributed by atoms with Gasteiger partial charge in [0.2, 0.25) is 0 Å². The van der Waals surface area contributed by atoms with E-state index in [1.165, 1.54) is 0 Å². The van der Waals surface area contributed by atoms with E-state index in [1.807, 2.05) is 29.2 Å². The van der Waals surface area contributed by atoms with E-state index in [0.29, 0.717) is 23.2 Å². The Labute approximate surface area is 175 Å². The molecule has 152 valence electrons. The van der Waals surface area contributed by atoms with Crippen LogP contribution >= 0.6 is 0 Å². The molecule has 2 aromatic heterocycles. The van der Waals surface area contributed by atoms with Gasteiger partial charge in [0.25, 0.3) is 5.91 Å². The fourth-order valence-electron chi connectivity index (χ4n) is 4.61. The predicted molar refractivity (Wildman–Crippen MR) is 112 cm³/mol. The molecule has 2 aliphatic rings. The number of pyridine rings is 1. The van der Waals surface area contributed by atoms with Crippen LogP contribution in [-0.2, 0) is 0 Å². The Morgan fingerprint density at radius 1 is 1.10 bits per heavy atom. The Morgan fingerprint density at radius 3 is 2.60 bits per heavy atom. The number of rotatable bonds is 4. The second-order valence-electron chi connectivity index (χ2n) is 7.79. The summed E-state index contributed by atoms with van der Waals surface area (Å²) in [4.78, 5) is 28.3. The lowest BCUT2D eigenvalue weighted by atomic mass is 9.89. The first-order chi connectivity index (χ1) is 14.7. The van der Waals surface area contributed by atoms with Gasteiger partial charge in [0.1, 0.15) is 5.75 Å². The molecule has 7 heteroatoms. The zero-order chi connectivity index (χ0) is 20.5. The van der Waals surface area contributed by atoms with Gasteiger partial charge in [-0.15, -0.1) is 0 Å². The average Bonchev–Trinajstić information content (AvgIpc) is 3.41. The van der Waals surface area contributed by atoms with Crippen LogP contribution in [0.5, 0.6) is 5.75 Å². The molecule has 2 aliphatic heterocycles. The Morgan fingerprint density at radius 2 is 1.90 bits per heavy atom. The van der Waals surface area contributed by atoms with Crippen molar-refractivity contribution in [1.29, 1.82) is 0 Å². The van der Waals surface area contributed by atoms with Gasteiger partial charge in [0, 0.05) is 55.9 Å². The van der Waals surface area contributed by atoms with Gasteiger partial charge >= 0.3 is 0 Å². The highest BCUT2D eigenvalue weighted by atomic mass is 16.5. The Bertz CT molecular complexity index is 1020. The fraction of sp³-hybridized carbons (Fsp3) is 0.304. The van der Waals surface area contributed by atoms with Crippen LogP contribution in [0.2, 0.25) is 0 Å². The molecule has 3 atom stereocenters. The van der Waals surface area contributed by atoms with Crippen LogP contribution in [0.15, 0.2) is 61.2 Å². The molecule has 0 aliphatic carbocycles. The number of fused-ring (bicyclic) bond motifs is 1. The molecule has 7 nitrogen and oxygen atoms in total. The van der Waals surface area contributed by atoms with E-state index in [0.717, 1.165) is 36.5 Å². The molecule has 4 heterocycles. The van der Waals surface area contributed by atoms with Crippen molar-refractivity contribution in [2.24, 2.45) is 11.8 Å². The second kappa shape index (κ2) is 7.84. The lowest BCUT2D eigenvalue weighted by Crippen LogP contribution is -2.34. The molecular formula is C23H23N5O2. The second-order valence-corrected chi connectivity index (χ2v) is 7.79. The zero-order valence-corrected chi connectivity index (χ0v) is 16.7. The smallest absolute Gasteiger partial charge is 0.257 e. The van der Waals surface area contributed by atoms with E-state index in [9.17, 15) is 4.79 Å². The number of carbonyl (C=O) groups excluding carboxylic acids is 1. The minimum Gasteiger partial charge on any atom is -0.497 e. The molecule has 5 rings (SSSR count). The van der Waals surface area contributed by atoms with Gasteiger partial charge in [-0.3, -0.25) is 9.78 Å². The van der Waals surface area contributed by atoms with Crippen molar-refractivity contribution in [3.05, 3.63) is 72.3 Å². The highest BCUT2D eigenvalue weighted by molar-refractivity contribution is 5.94. The van der Waals surface area contributed by atoms with Gasteiger partial charge < -0.3 is 15.0 Å². The summed E-state index contributed by atoms with van der Waals surface area (Å²) in [6, 6.07) is 11.8. The van der Waals surface area contributed by atoms with E-state index in [4.69, 9.17) is 4.74 Å². The van der Waals surface area contributed by atoms with Gasteiger partial charge in [-0.25, -0.2) is 9.97 Å². The Kier molecular flexibility index (Phi) is 4.88. The van der Waals surface area contributed by atoms with E-state index in [1.54, 1.807) is 31.9 Å². The summed E-state index contributed by atoms with van der Waals surface area (Å²) in [5.74, 6) is 2.21. The third-order valence-electron chi connectivity index (χ3n) is 6.10. The molecule has 1 N–H and O–H groups in total. The zero-order valence-electron chi connectivity index (χ0n) is 16.7. The molecular weight excluding hydrogens is 378 g/mol. The van der Waals surface area contributed by atoms with Gasteiger partial charge in [-0.1, -0.05) is 12.1 Å². The molecule has 2 saturated heterocycles. The standard InChI is InChI=1S/C23H23N5O2/c1-30-19-6-4-15(5-7-19)21-20-13-25-10-18(20)14-28(21)23(29)17-11-26-22(27-12-17)16-3-2-8-24-9-16/h2-9,11-12,18,20-21,25H,10,13-14H2,1H3/t18-,20-,21+/m0/s1. The number of aromatic nitrogens is 3. The summed E-state index contributed by atoms with van der Waals surface area (Å²) in [5.41, 5.74) is 2.47. The quantitative estimate of drug-likeness (QED) is 0.724. The van der Waals surface area contributed by atoms with Crippen molar-refractivity contribution in [1.82, 2.24) is 25.2 Å². The maximum absolute atomic E-state index is 13.4. The van der Waals surface area contributed by atoms with Crippen LogP contribution in [0.4, 0.5) is 0 Å². The van der Waals surface area contributed by atoms with Gasteiger partial charge in [0.05, 0.1) is 18.7 Å². The lowest BCUT2D eigenvalue weighted by Gasteiger charge is -2.28. The maximum Gasteiger partial charge on any atom is 0.257 e. The normalized spacial score (nSPS) is 22.7. The highest BCUT2D eigenvalue weighted by Gasteiger charge is 2.46. The SMILES string of the molecule is COc1ccc([C@@H]2[C@H]3CNC[C@H]3CN2C(=O)c2cnc(-c3cccnc3)nc2)cc1.